The molecule has 0 aliphatic heterocycles. The molecule has 2 aromatic rings. The highest BCUT2D eigenvalue weighted by molar-refractivity contribution is 7.89. The van der Waals surface area contributed by atoms with E-state index in [1.165, 1.54) is 4.31 Å². The maximum atomic E-state index is 12.9. The van der Waals surface area contributed by atoms with Crippen LogP contribution < -0.4 is 5.32 Å². The molecule has 0 aromatic heterocycles. The molecule has 0 fully saturated rings. The van der Waals surface area contributed by atoms with Crippen LogP contribution in [0.4, 0.5) is 0 Å². The first kappa shape index (κ1) is 21.1. The van der Waals surface area contributed by atoms with Crippen molar-refractivity contribution in [2.45, 2.75) is 51.6 Å². The van der Waals surface area contributed by atoms with Gasteiger partial charge in [-0.15, -0.1) is 0 Å². The molecule has 2 rings (SSSR count). The fourth-order valence-corrected chi connectivity index (χ4v) is 4.04. The molecule has 0 saturated carbocycles. The van der Waals surface area contributed by atoms with Crippen molar-refractivity contribution < 1.29 is 13.2 Å². The standard InChI is InChI=1S/C21H28N2O3S/c1-5-17(4)22-21(24)19-11-9-18(10-12-19)15-23(6-2)27(25,26)20-13-7-16(3)8-14-20/h7-14,17H,5-6,15H2,1-4H3,(H,22,24)/t17-/m0/s1. The molecular weight excluding hydrogens is 360 g/mol. The third-order valence-corrected chi connectivity index (χ3v) is 6.51. The molecule has 0 heterocycles. The molecule has 0 spiro atoms. The lowest BCUT2D eigenvalue weighted by molar-refractivity contribution is 0.0939. The highest BCUT2D eigenvalue weighted by atomic mass is 32.2. The van der Waals surface area contributed by atoms with Gasteiger partial charge < -0.3 is 5.32 Å². The van der Waals surface area contributed by atoms with E-state index in [9.17, 15) is 13.2 Å². The number of hydrogen-bond donors (Lipinski definition) is 1. The summed E-state index contributed by atoms with van der Waals surface area (Å²) >= 11 is 0. The van der Waals surface area contributed by atoms with E-state index in [2.05, 4.69) is 5.32 Å². The lowest BCUT2D eigenvalue weighted by Crippen LogP contribution is -2.32. The van der Waals surface area contributed by atoms with Crippen molar-refractivity contribution in [2.24, 2.45) is 0 Å². The second kappa shape index (κ2) is 9.15. The van der Waals surface area contributed by atoms with Crippen molar-refractivity contribution in [3.8, 4) is 0 Å². The van der Waals surface area contributed by atoms with Gasteiger partial charge in [0.2, 0.25) is 10.0 Å². The van der Waals surface area contributed by atoms with Crippen molar-refractivity contribution in [3.63, 3.8) is 0 Å². The predicted octanol–water partition coefficient (Wildman–Crippen LogP) is 3.73. The minimum Gasteiger partial charge on any atom is -0.350 e. The second-order valence-corrected chi connectivity index (χ2v) is 8.66. The lowest BCUT2D eigenvalue weighted by atomic mass is 10.1. The number of benzene rings is 2. The van der Waals surface area contributed by atoms with Gasteiger partial charge in [-0.25, -0.2) is 8.42 Å². The molecule has 146 valence electrons. The van der Waals surface area contributed by atoms with Gasteiger partial charge in [-0.1, -0.05) is 43.7 Å². The number of aryl methyl sites for hydroxylation is 1. The third-order valence-electron chi connectivity index (χ3n) is 4.58. The van der Waals surface area contributed by atoms with Crippen LogP contribution in [0.5, 0.6) is 0 Å². The topological polar surface area (TPSA) is 66.5 Å². The van der Waals surface area contributed by atoms with Crippen LogP contribution in [0.15, 0.2) is 53.4 Å². The van der Waals surface area contributed by atoms with Gasteiger partial charge in [0.15, 0.2) is 0 Å². The van der Waals surface area contributed by atoms with Gasteiger partial charge in [-0.3, -0.25) is 4.79 Å². The van der Waals surface area contributed by atoms with Gasteiger partial charge in [-0.2, -0.15) is 4.31 Å². The van der Waals surface area contributed by atoms with E-state index >= 15 is 0 Å². The number of rotatable bonds is 8. The van der Waals surface area contributed by atoms with Crippen molar-refractivity contribution >= 4 is 15.9 Å². The number of amides is 1. The van der Waals surface area contributed by atoms with E-state index in [1.54, 1.807) is 48.5 Å². The molecule has 27 heavy (non-hydrogen) atoms. The molecule has 1 amide bonds. The van der Waals surface area contributed by atoms with Crippen LogP contribution in [0.1, 0.15) is 48.7 Å². The van der Waals surface area contributed by atoms with Crippen LogP contribution in [0.25, 0.3) is 0 Å². The number of sulfonamides is 1. The van der Waals surface area contributed by atoms with Gasteiger partial charge in [0.1, 0.15) is 0 Å². The maximum Gasteiger partial charge on any atom is 0.251 e. The maximum absolute atomic E-state index is 12.9. The van der Waals surface area contributed by atoms with Crippen LogP contribution in [-0.2, 0) is 16.6 Å². The average Bonchev–Trinajstić information content (AvgIpc) is 2.66. The van der Waals surface area contributed by atoms with Crippen molar-refractivity contribution in [2.75, 3.05) is 6.54 Å². The molecule has 0 bridgehead atoms. The summed E-state index contributed by atoms with van der Waals surface area (Å²) in [6.45, 7) is 8.35. The van der Waals surface area contributed by atoms with Gasteiger partial charge in [-0.05, 0) is 50.1 Å². The first-order chi connectivity index (χ1) is 12.8. The molecule has 2 aromatic carbocycles. The first-order valence-corrected chi connectivity index (χ1v) is 10.7. The fourth-order valence-electron chi connectivity index (χ4n) is 2.60. The highest BCUT2D eigenvalue weighted by Crippen LogP contribution is 2.19. The molecule has 0 aliphatic rings. The lowest BCUT2D eigenvalue weighted by Gasteiger charge is -2.21. The summed E-state index contributed by atoms with van der Waals surface area (Å²) in [6, 6.07) is 14.1. The zero-order chi connectivity index (χ0) is 20.0. The Kier molecular flexibility index (Phi) is 7.16. The van der Waals surface area contributed by atoms with E-state index in [0.29, 0.717) is 17.0 Å². The summed E-state index contributed by atoms with van der Waals surface area (Å²) in [5.41, 5.74) is 2.43. The summed E-state index contributed by atoms with van der Waals surface area (Å²) in [5, 5.41) is 2.92. The van der Waals surface area contributed by atoms with E-state index in [4.69, 9.17) is 0 Å². The predicted molar refractivity (Wildman–Crippen MR) is 108 cm³/mol. The average molecular weight is 389 g/mol. The van der Waals surface area contributed by atoms with Crippen LogP contribution >= 0.6 is 0 Å². The Bertz CT molecular complexity index is 859. The Balaban J connectivity index is 2.14. The Labute approximate surface area is 162 Å². The first-order valence-electron chi connectivity index (χ1n) is 9.24. The van der Waals surface area contributed by atoms with Gasteiger partial charge >= 0.3 is 0 Å². The smallest absolute Gasteiger partial charge is 0.251 e. The monoisotopic (exact) mass is 388 g/mol. The van der Waals surface area contributed by atoms with E-state index in [1.807, 2.05) is 27.7 Å². The highest BCUT2D eigenvalue weighted by Gasteiger charge is 2.23. The third kappa shape index (κ3) is 5.40. The molecule has 1 atom stereocenters. The molecule has 0 unspecified atom stereocenters. The molecule has 5 nitrogen and oxygen atoms in total. The number of hydrogen-bond acceptors (Lipinski definition) is 3. The number of nitrogens with one attached hydrogen (secondary N) is 1. The van der Waals surface area contributed by atoms with Gasteiger partial charge in [0, 0.05) is 24.7 Å². The zero-order valence-electron chi connectivity index (χ0n) is 16.4. The summed E-state index contributed by atoms with van der Waals surface area (Å²) in [7, 11) is -3.56. The number of carbonyl (C=O) groups is 1. The van der Waals surface area contributed by atoms with Crippen molar-refractivity contribution in [1.29, 1.82) is 0 Å². The van der Waals surface area contributed by atoms with Crippen LogP contribution in [0.3, 0.4) is 0 Å². The SMILES string of the molecule is CC[C@H](C)NC(=O)c1ccc(CN(CC)S(=O)(=O)c2ccc(C)cc2)cc1. The Morgan fingerprint density at radius 2 is 1.63 bits per heavy atom. The van der Waals surface area contributed by atoms with Gasteiger partial charge in [0.25, 0.3) is 5.91 Å². The van der Waals surface area contributed by atoms with Crippen molar-refractivity contribution in [1.82, 2.24) is 9.62 Å². The molecule has 0 radical (unpaired) electrons. The van der Waals surface area contributed by atoms with E-state index in [-0.39, 0.29) is 18.5 Å². The molecule has 0 saturated heterocycles. The molecule has 6 heteroatoms. The Hall–Kier alpha value is -2.18. The quantitative estimate of drug-likeness (QED) is 0.749. The summed E-state index contributed by atoms with van der Waals surface area (Å²) in [6.07, 6.45) is 0.867. The van der Waals surface area contributed by atoms with Gasteiger partial charge in [0.05, 0.1) is 4.90 Å². The Morgan fingerprint density at radius 3 is 2.15 bits per heavy atom. The van der Waals surface area contributed by atoms with Crippen LogP contribution in [-0.4, -0.2) is 31.2 Å². The van der Waals surface area contributed by atoms with Crippen LogP contribution in [0.2, 0.25) is 0 Å². The molecular formula is C21H28N2O3S. The number of nitrogens with zero attached hydrogens (tertiary/aromatic N) is 1. The summed E-state index contributed by atoms with van der Waals surface area (Å²) in [5.74, 6) is -0.115. The summed E-state index contributed by atoms with van der Waals surface area (Å²) in [4.78, 5) is 12.4. The number of carbonyl (C=O) groups excluding carboxylic acids is 1. The van der Waals surface area contributed by atoms with E-state index < -0.39 is 10.0 Å². The van der Waals surface area contributed by atoms with Crippen LogP contribution in [0, 0.1) is 6.92 Å². The zero-order valence-corrected chi connectivity index (χ0v) is 17.2. The Morgan fingerprint density at radius 1 is 1.04 bits per heavy atom. The second-order valence-electron chi connectivity index (χ2n) is 6.72. The normalized spacial score (nSPS) is 12.8. The largest absolute Gasteiger partial charge is 0.350 e. The summed E-state index contributed by atoms with van der Waals surface area (Å²) < 4.78 is 27.2. The van der Waals surface area contributed by atoms with Crippen molar-refractivity contribution in [3.05, 3.63) is 65.2 Å². The fraction of sp³-hybridized carbons (Fsp3) is 0.381. The molecule has 1 N–H and O–H groups in total. The minimum absolute atomic E-state index is 0.115. The van der Waals surface area contributed by atoms with E-state index in [0.717, 1.165) is 17.5 Å². The molecule has 0 aliphatic carbocycles. The minimum atomic E-state index is -3.56.